The highest BCUT2D eigenvalue weighted by Crippen LogP contribution is 2.14. The highest BCUT2D eigenvalue weighted by molar-refractivity contribution is 7.08. The van der Waals surface area contributed by atoms with Crippen molar-refractivity contribution in [2.24, 2.45) is 0 Å². The fraction of sp³-hybridized carbons (Fsp3) is 0.200. The molecule has 2 nitrogen and oxygen atoms in total. The summed E-state index contributed by atoms with van der Waals surface area (Å²) in [6.45, 7) is 1.90. The Labute approximate surface area is 90.4 Å². The van der Waals surface area contributed by atoms with Crippen LogP contribution >= 0.6 is 22.9 Å². The first-order valence-corrected chi connectivity index (χ1v) is 5.95. The molecule has 0 saturated heterocycles. The fourth-order valence-electron chi connectivity index (χ4n) is 1.16. The molecule has 0 fully saturated rings. The van der Waals surface area contributed by atoms with Crippen LogP contribution in [0.2, 0.25) is 0 Å². The Morgan fingerprint density at radius 3 is 3.00 bits per heavy atom. The fourth-order valence-corrected chi connectivity index (χ4v) is 2.52. The van der Waals surface area contributed by atoms with Gasteiger partial charge in [0.2, 0.25) is 0 Å². The number of ketones is 1. The van der Waals surface area contributed by atoms with E-state index in [9.17, 15) is 4.79 Å². The van der Waals surface area contributed by atoms with Gasteiger partial charge in [-0.25, -0.2) is 0 Å². The predicted molar refractivity (Wildman–Crippen MR) is 59.2 cm³/mol. The van der Waals surface area contributed by atoms with Crippen LogP contribution in [0.1, 0.15) is 20.9 Å². The molecule has 0 saturated carbocycles. The Hall–Kier alpha value is -1.00. The first-order chi connectivity index (χ1) is 6.75. The summed E-state index contributed by atoms with van der Waals surface area (Å²) in [5, 5.41) is 3.99. The average molecular weight is 223 g/mol. The topological polar surface area (TPSA) is 30.0 Å². The molecule has 0 spiro atoms. The molecule has 0 aliphatic carbocycles. The standard InChI is InChI=1S/C10H9NOS2/c1-7-4-10(14-11-7)9(12)5-8-2-3-13-6-8/h2-4,6H,5H2,1H3. The van der Waals surface area contributed by atoms with Crippen LogP contribution in [0.25, 0.3) is 0 Å². The van der Waals surface area contributed by atoms with Gasteiger partial charge in [0.25, 0.3) is 0 Å². The van der Waals surface area contributed by atoms with Gasteiger partial charge in [0, 0.05) is 6.42 Å². The van der Waals surface area contributed by atoms with Crippen LogP contribution in [-0.4, -0.2) is 10.2 Å². The summed E-state index contributed by atoms with van der Waals surface area (Å²) >= 11 is 2.90. The molecule has 0 aromatic carbocycles. The largest absolute Gasteiger partial charge is 0.293 e. The minimum absolute atomic E-state index is 0.161. The number of thiophene rings is 1. The first-order valence-electron chi connectivity index (χ1n) is 4.23. The second-order valence-electron chi connectivity index (χ2n) is 3.06. The molecule has 0 atom stereocenters. The van der Waals surface area contributed by atoms with E-state index in [4.69, 9.17) is 0 Å². The van der Waals surface area contributed by atoms with Gasteiger partial charge in [-0.1, -0.05) is 0 Å². The first kappa shape index (κ1) is 9.55. The van der Waals surface area contributed by atoms with E-state index < -0.39 is 0 Å². The molecular formula is C10H9NOS2. The Kier molecular flexibility index (Phi) is 2.74. The number of carbonyl (C=O) groups excluding carboxylic acids is 1. The molecule has 0 aliphatic heterocycles. The summed E-state index contributed by atoms with van der Waals surface area (Å²) in [6, 6.07) is 3.83. The second-order valence-corrected chi connectivity index (χ2v) is 4.65. The molecule has 0 N–H and O–H groups in total. The van der Waals surface area contributed by atoms with Crippen LogP contribution in [0.5, 0.6) is 0 Å². The molecule has 0 aliphatic rings. The van der Waals surface area contributed by atoms with Crippen LogP contribution in [0.4, 0.5) is 0 Å². The lowest BCUT2D eigenvalue weighted by molar-refractivity contribution is 0.0997. The predicted octanol–water partition coefficient (Wildman–Crippen LogP) is 2.94. The zero-order valence-electron chi connectivity index (χ0n) is 7.69. The van der Waals surface area contributed by atoms with Gasteiger partial charge < -0.3 is 0 Å². The quantitative estimate of drug-likeness (QED) is 0.749. The zero-order valence-corrected chi connectivity index (χ0v) is 9.32. The summed E-state index contributed by atoms with van der Waals surface area (Å²) in [5.74, 6) is 0.161. The number of carbonyl (C=O) groups is 1. The van der Waals surface area contributed by atoms with Crippen molar-refractivity contribution in [3.63, 3.8) is 0 Å². The van der Waals surface area contributed by atoms with Crippen molar-refractivity contribution in [2.75, 3.05) is 0 Å². The number of aryl methyl sites for hydroxylation is 1. The van der Waals surface area contributed by atoms with E-state index in [0.717, 1.165) is 16.1 Å². The Morgan fingerprint density at radius 2 is 2.43 bits per heavy atom. The molecule has 2 aromatic rings. The van der Waals surface area contributed by atoms with Gasteiger partial charge in [-0.2, -0.15) is 15.7 Å². The van der Waals surface area contributed by atoms with Crippen LogP contribution in [-0.2, 0) is 6.42 Å². The van der Waals surface area contributed by atoms with Gasteiger partial charge >= 0.3 is 0 Å². The SMILES string of the molecule is Cc1cc(C(=O)Cc2ccsc2)sn1. The molecule has 2 rings (SSSR count). The average Bonchev–Trinajstić information content (AvgIpc) is 2.75. The van der Waals surface area contributed by atoms with E-state index >= 15 is 0 Å². The third-order valence-corrected chi connectivity index (χ3v) is 3.50. The number of aromatic nitrogens is 1. The summed E-state index contributed by atoms with van der Waals surface area (Å²) in [5.41, 5.74) is 2.01. The van der Waals surface area contributed by atoms with Crippen LogP contribution in [0.3, 0.4) is 0 Å². The summed E-state index contributed by atoms with van der Waals surface area (Å²) in [7, 11) is 0. The molecule has 0 amide bonds. The lowest BCUT2D eigenvalue weighted by atomic mass is 10.1. The van der Waals surface area contributed by atoms with Crippen molar-refractivity contribution in [1.29, 1.82) is 0 Å². The molecular weight excluding hydrogens is 214 g/mol. The number of hydrogen-bond donors (Lipinski definition) is 0. The van der Waals surface area contributed by atoms with Crippen LogP contribution < -0.4 is 0 Å². The van der Waals surface area contributed by atoms with Gasteiger partial charge in [-0.15, -0.1) is 0 Å². The number of nitrogens with zero attached hydrogens (tertiary/aromatic N) is 1. The van der Waals surface area contributed by atoms with Gasteiger partial charge in [0.15, 0.2) is 5.78 Å². The number of hydrogen-bond acceptors (Lipinski definition) is 4. The van der Waals surface area contributed by atoms with E-state index in [2.05, 4.69) is 4.37 Å². The van der Waals surface area contributed by atoms with Gasteiger partial charge in [0.1, 0.15) is 0 Å². The van der Waals surface area contributed by atoms with Crippen LogP contribution in [0, 0.1) is 6.92 Å². The Morgan fingerprint density at radius 1 is 1.57 bits per heavy atom. The van der Waals surface area contributed by atoms with Gasteiger partial charge in [-0.05, 0) is 46.9 Å². The minimum atomic E-state index is 0.161. The maximum atomic E-state index is 11.7. The molecule has 4 heteroatoms. The molecule has 0 unspecified atom stereocenters. The van der Waals surface area contributed by atoms with Crippen molar-refractivity contribution in [3.05, 3.63) is 39.0 Å². The van der Waals surface area contributed by atoms with Crippen molar-refractivity contribution in [2.45, 2.75) is 13.3 Å². The Bertz CT molecular complexity index is 431. The lowest BCUT2D eigenvalue weighted by Gasteiger charge is -1.92. The number of rotatable bonds is 3. The third kappa shape index (κ3) is 2.08. The summed E-state index contributed by atoms with van der Waals surface area (Å²) in [4.78, 5) is 12.5. The summed E-state index contributed by atoms with van der Waals surface area (Å²) in [6.07, 6.45) is 0.491. The van der Waals surface area contributed by atoms with E-state index in [0.29, 0.717) is 6.42 Å². The van der Waals surface area contributed by atoms with Crippen molar-refractivity contribution in [3.8, 4) is 0 Å². The molecule has 0 radical (unpaired) electrons. The molecule has 0 bridgehead atoms. The zero-order chi connectivity index (χ0) is 9.97. The van der Waals surface area contributed by atoms with E-state index in [-0.39, 0.29) is 5.78 Å². The highest BCUT2D eigenvalue weighted by atomic mass is 32.1. The summed E-state index contributed by atoms with van der Waals surface area (Å²) < 4.78 is 4.09. The second kappa shape index (κ2) is 4.02. The van der Waals surface area contributed by atoms with Gasteiger partial charge in [0.05, 0.1) is 10.6 Å². The number of Topliss-reactive ketones (excluding diaryl/α,β-unsaturated/α-hetero) is 1. The minimum Gasteiger partial charge on any atom is -0.293 e. The molecule has 72 valence electrons. The van der Waals surface area contributed by atoms with Gasteiger partial charge in [-0.3, -0.25) is 4.79 Å². The van der Waals surface area contributed by atoms with E-state index in [1.807, 2.05) is 29.8 Å². The molecule has 2 aromatic heterocycles. The van der Waals surface area contributed by atoms with Crippen molar-refractivity contribution >= 4 is 28.7 Å². The maximum absolute atomic E-state index is 11.7. The Balaban J connectivity index is 2.10. The maximum Gasteiger partial charge on any atom is 0.178 e. The lowest BCUT2D eigenvalue weighted by Crippen LogP contribution is -1.99. The van der Waals surface area contributed by atoms with Crippen molar-refractivity contribution in [1.82, 2.24) is 4.37 Å². The normalized spacial score (nSPS) is 10.4. The third-order valence-electron chi connectivity index (χ3n) is 1.85. The highest BCUT2D eigenvalue weighted by Gasteiger charge is 2.09. The van der Waals surface area contributed by atoms with Crippen LogP contribution in [0.15, 0.2) is 22.9 Å². The van der Waals surface area contributed by atoms with E-state index in [1.165, 1.54) is 11.5 Å². The molecule has 14 heavy (non-hydrogen) atoms. The monoisotopic (exact) mass is 223 g/mol. The molecule has 2 heterocycles. The smallest absolute Gasteiger partial charge is 0.178 e. The van der Waals surface area contributed by atoms with E-state index in [1.54, 1.807) is 11.3 Å². The van der Waals surface area contributed by atoms with Crippen molar-refractivity contribution < 1.29 is 4.79 Å².